The molecule has 0 spiro atoms. The van der Waals surface area contributed by atoms with Crippen LogP contribution in [0, 0.1) is 27.9 Å². The Morgan fingerprint density at radius 2 is 1.79 bits per heavy atom. The number of anilines is 1. The molecule has 0 amide bonds. The number of nitrogens with one attached hydrogen (secondary N) is 1. The first-order chi connectivity index (χ1) is 18.5. The second kappa shape index (κ2) is 9.82. The van der Waals surface area contributed by atoms with Crippen molar-refractivity contribution in [3.63, 3.8) is 0 Å². The van der Waals surface area contributed by atoms with E-state index in [0.717, 1.165) is 5.56 Å². The number of Topliss-reactive ketones (excluding diaryl/α,β-unsaturated/α-hetero) is 1. The first-order valence-corrected chi connectivity index (χ1v) is 13.0. The van der Waals surface area contributed by atoms with E-state index in [1.807, 2.05) is 39.0 Å². The lowest BCUT2D eigenvalue weighted by molar-refractivity contribution is -0.384. The second-order valence-corrected chi connectivity index (χ2v) is 11.2. The molecule has 1 unspecified atom stereocenters. The van der Waals surface area contributed by atoms with E-state index in [0.29, 0.717) is 39.5 Å². The predicted molar refractivity (Wildman–Crippen MR) is 153 cm³/mol. The van der Waals surface area contributed by atoms with Gasteiger partial charge in [0, 0.05) is 57.6 Å². The molecule has 0 aromatic heterocycles. The maximum absolute atomic E-state index is 13.9. The third kappa shape index (κ3) is 4.74. The molecule has 5 rings (SSSR count). The Morgan fingerprint density at radius 1 is 1.08 bits per heavy atom. The smallest absolute Gasteiger partial charge is 0.269 e. The monoisotopic (exact) mass is 541 g/mol. The zero-order valence-electron chi connectivity index (χ0n) is 21.9. The lowest BCUT2D eigenvalue weighted by atomic mass is 9.67. The fourth-order valence-electron chi connectivity index (χ4n) is 5.52. The number of amidine groups is 1. The van der Waals surface area contributed by atoms with Crippen molar-refractivity contribution >= 4 is 40.4 Å². The van der Waals surface area contributed by atoms with Crippen LogP contribution in [0.25, 0.3) is 5.76 Å². The van der Waals surface area contributed by atoms with Crippen LogP contribution in [0.15, 0.2) is 89.6 Å². The Labute approximate surface area is 231 Å². The normalized spacial score (nSPS) is 20.1. The third-order valence-corrected chi connectivity index (χ3v) is 7.76. The molecule has 8 heteroatoms. The van der Waals surface area contributed by atoms with Crippen molar-refractivity contribution in [2.75, 3.05) is 4.90 Å². The number of aliphatic hydroxyl groups is 1. The molecule has 0 bridgehead atoms. The quantitative estimate of drug-likeness (QED) is 0.199. The summed E-state index contributed by atoms with van der Waals surface area (Å²) >= 11 is 6.50. The van der Waals surface area contributed by atoms with Crippen molar-refractivity contribution in [1.29, 1.82) is 5.41 Å². The van der Waals surface area contributed by atoms with Gasteiger partial charge >= 0.3 is 0 Å². The van der Waals surface area contributed by atoms with Crippen LogP contribution in [0.2, 0.25) is 5.02 Å². The predicted octanol–water partition coefficient (Wildman–Crippen LogP) is 7.75. The molecule has 0 radical (unpaired) electrons. The summed E-state index contributed by atoms with van der Waals surface area (Å²) in [6, 6.07) is 20.4. The minimum absolute atomic E-state index is 0.0166. The lowest BCUT2D eigenvalue weighted by Crippen LogP contribution is -2.45. The number of aliphatic hydroxyl groups excluding tert-OH is 1. The van der Waals surface area contributed by atoms with E-state index in [-0.39, 0.29) is 40.5 Å². The summed E-state index contributed by atoms with van der Waals surface area (Å²) in [4.78, 5) is 26.8. The Morgan fingerprint density at radius 3 is 2.46 bits per heavy atom. The summed E-state index contributed by atoms with van der Waals surface area (Å²) in [6.07, 6.45) is 0.763. The number of rotatable bonds is 4. The van der Waals surface area contributed by atoms with Gasteiger partial charge in [0.05, 0.1) is 4.92 Å². The van der Waals surface area contributed by atoms with E-state index in [2.05, 4.69) is 0 Å². The topological polar surface area (TPSA) is 108 Å². The number of nitro groups is 1. The number of carbonyl (C=O) groups excluding carboxylic acids is 1. The molecule has 1 aliphatic carbocycles. The van der Waals surface area contributed by atoms with Crippen molar-refractivity contribution in [2.45, 2.75) is 39.5 Å². The molecule has 2 aliphatic rings. The van der Waals surface area contributed by atoms with Gasteiger partial charge < -0.3 is 5.11 Å². The summed E-state index contributed by atoms with van der Waals surface area (Å²) < 4.78 is 0. The Balaban J connectivity index is 1.87. The van der Waals surface area contributed by atoms with Crippen LogP contribution in [-0.2, 0) is 4.79 Å². The van der Waals surface area contributed by atoms with Gasteiger partial charge in [-0.15, -0.1) is 0 Å². The number of halogens is 1. The van der Waals surface area contributed by atoms with E-state index < -0.39 is 10.8 Å². The second-order valence-electron chi connectivity index (χ2n) is 10.8. The molecule has 198 valence electrons. The summed E-state index contributed by atoms with van der Waals surface area (Å²) in [6.45, 7) is 5.90. The molecule has 7 nitrogen and oxygen atoms in total. The minimum Gasteiger partial charge on any atom is -0.507 e. The highest BCUT2D eigenvalue weighted by Gasteiger charge is 2.47. The molecule has 3 aromatic carbocycles. The van der Waals surface area contributed by atoms with E-state index in [1.54, 1.807) is 47.4 Å². The first kappa shape index (κ1) is 26.4. The number of benzene rings is 3. The minimum atomic E-state index is -0.867. The van der Waals surface area contributed by atoms with Crippen molar-refractivity contribution in [1.82, 2.24) is 0 Å². The Hall–Kier alpha value is -4.23. The molecule has 0 saturated carbocycles. The highest BCUT2D eigenvalue weighted by molar-refractivity contribution is 6.32. The molecule has 1 aliphatic heterocycles. The van der Waals surface area contributed by atoms with Crippen LogP contribution < -0.4 is 4.90 Å². The molecule has 0 fully saturated rings. The van der Waals surface area contributed by atoms with Gasteiger partial charge in [-0.2, -0.15) is 0 Å². The number of nitro benzene ring substituents is 1. The summed E-state index contributed by atoms with van der Waals surface area (Å²) in [5.74, 6) is -1.17. The van der Waals surface area contributed by atoms with Crippen molar-refractivity contribution < 1.29 is 14.8 Å². The van der Waals surface area contributed by atoms with Gasteiger partial charge in [-0.1, -0.05) is 74.0 Å². The average molecular weight is 542 g/mol. The fourth-order valence-corrected chi connectivity index (χ4v) is 5.70. The number of non-ortho nitro benzene ring substituents is 1. The van der Waals surface area contributed by atoms with Gasteiger partial charge in [0.15, 0.2) is 5.78 Å². The molecule has 3 aromatic rings. The summed E-state index contributed by atoms with van der Waals surface area (Å²) in [5.41, 5.74) is 3.18. The maximum Gasteiger partial charge on any atom is 0.269 e. The fraction of sp³-hybridized carbons (Fsp3) is 0.226. The molecular formula is C31H28ClN3O4. The van der Waals surface area contributed by atoms with Gasteiger partial charge in [-0.05, 0) is 42.0 Å². The van der Waals surface area contributed by atoms with Crippen molar-refractivity contribution in [3.8, 4) is 0 Å². The zero-order valence-corrected chi connectivity index (χ0v) is 22.6. The van der Waals surface area contributed by atoms with Gasteiger partial charge in [0.2, 0.25) is 0 Å². The first-order valence-electron chi connectivity index (χ1n) is 12.6. The largest absolute Gasteiger partial charge is 0.507 e. The van der Waals surface area contributed by atoms with Crippen LogP contribution in [0.1, 0.15) is 49.3 Å². The summed E-state index contributed by atoms with van der Waals surface area (Å²) in [5, 5.41) is 33.3. The van der Waals surface area contributed by atoms with Crippen LogP contribution in [0.4, 0.5) is 11.4 Å². The Bertz CT molecular complexity index is 1590. The van der Waals surface area contributed by atoms with E-state index in [1.165, 1.54) is 12.1 Å². The number of hydrogen-bond acceptors (Lipinski definition) is 5. The standard InChI is InChI=1S/C31H28ClN3O4/c1-18-12-13-21(15-23(18)32)34-24-16-31(2,3)17-25(36)27(24)26(20-10-7-11-22(14-20)35(38)39)28(30(34)33)29(37)19-8-5-4-6-9-19/h4-15,26,33,37H,16-17H2,1-3H3/b29-28+,33-30?. The molecule has 2 N–H and O–H groups in total. The van der Waals surface area contributed by atoms with Crippen LogP contribution in [0.5, 0.6) is 0 Å². The average Bonchev–Trinajstić information content (AvgIpc) is 2.89. The zero-order chi connectivity index (χ0) is 28.1. The number of allylic oxidation sites excluding steroid dienone is 2. The van der Waals surface area contributed by atoms with E-state index in [4.69, 9.17) is 11.6 Å². The van der Waals surface area contributed by atoms with Gasteiger partial charge in [0.25, 0.3) is 5.69 Å². The third-order valence-electron chi connectivity index (χ3n) is 7.35. The van der Waals surface area contributed by atoms with Crippen molar-refractivity contribution in [2.24, 2.45) is 5.41 Å². The van der Waals surface area contributed by atoms with Gasteiger partial charge in [-0.25, -0.2) is 0 Å². The number of ketones is 1. The van der Waals surface area contributed by atoms with Gasteiger partial charge in [-0.3, -0.25) is 25.2 Å². The van der Waals surface area contributed by atoms with Crippen molar-refractivity contribution in [3.05, 3.63) is 121 Å². The molecule has 1 heterocycles. The van der Waals surface area contributed by atoms with E-state index in [9.17, 15) is 25.4 Å². The number of aryl methyl sites for hydroxylation is 1. The molecule has 39 heavy (non-hydrogen) atoms. The highest BCUT2D eigenvalue weighted by Crippen LogP contribution is 2.51. The maximum atomic E-state index is 13.9. The lowest BCUT2D eigenvalue weighted by Gasteiger charge is -2.45. The molecule has 0 saturated heterocycles. The summed E-state index contributed by atoms with van der Waals surface area (Å²) in [7, 11) is 0. The van der Waals surface area contributed by atoms with Crippen LogP contribution in [0.3, 0.4) is 0 Å². The molecular weight excluding hydrogens is 514 g/mol. The van der Waals surface area contributed by atoms with Gasteiger partial charge in [0.1, 0.15) is 11.6 Å². The van der Waals surface area contributed by atoms with Crippen LogP contribution in [-0.4, -0.2) is 21.6 Å². The molecule has 1 atom stereocenters. The SMILES string of the molecule is Cc1ccc(N2C(=N)/C(=C(/O)c3ccccc3)C(c3cccc([N+](=O)[O-])c3)C3=C2CC(C)(C)CC3=O)cc1Cl. The number of nitrogens with zero attached hydrogens (tertiary/aromatic N) is 2. The Kier molecular flexibility index (Phi) is 6.64. The highest BCUT2D eigenvalue weighted by atomic mass is 35.5. The van der Waals surface area contributed by atoms with Crippen LogP contribution >= 0.6 is 11.6 Å². The number of carbonyl (C=O) groups is 1. The number of hydrogen-bond donors (Lipinski definition) is 2. The van der Waals surface area contributed by atoms with E-state index >= 15 is 0 Å².